The predicted molar refractivity (Wildman–Crippen MR) is 77.5 cm³/mol. The summed E-state index contributed by atoms with van der Waals surface area (Å²) in [6, 6.07) is 2.68. The quantitative estimate of drug-likeness (QED) is 0.817. The van der Waals surface area contributed by atoms with Crippen molar-refractivity contribution in [1.82, 2.24) is 9.88 Å². The fourth-order valence-electron chi connectivity index (χ4n) is 1.44. The molecular weight excluding hydrogens is 278 g/mol. The maximum atomic E-state index is 4.32. The summed E-state index contributed by atoms with van der Waals surface area (Å²) in [5.74, 6) is 0.956. The Bertz CT molecular complexity index is 353. The normalized spacial score (nSPS) is 11.2. The number of nitrogens with one attached hydrogen (secondary N) is 1. The zero-order chi connectivity index (χ0) is 12.8. The lowest BCUT2D eigenvalue weighted by atomic mass is 10.3. The Balaban J connectivity index is 2.29. The molecule has 1 aromatic heterocycles. The van der Waals surface area contributed by atoms with E-state index in [-0.39, 0.29) is 0 Å². The van der Waals surface area contributed by atoms with Crippen molar-refractivity contribution in [2.45, 2.75) is 33.2 Å². The minimum atomic E-state index is 0.614. The lowest BCUT2D eigenvalue weighted by Gasteiger charge is -2.20. The van der Waals surface area contributed by atoms with Crippen LogP contribution in [0.5, 0.6) is 0 Å². The second-order valence-corrected chi connectivity index (χ2v) is 5.53. The van der Waals surface area contributed by atoms with Crippen LogP contribution in [0.3, 0.4) is 0 Å². The van der Waals surface area contributed by atoms with Gasteiger partial charge >= 0.3 is 0 Å². The average molecular weight is 300 g/mol. The van der Waals surface area contributed by atoms with Gasteiger partial charge in [-0.3, -0.25) is 0 Å². The lowest BCUT2D eigenvalue weighted by molar-refractivity contribution is 0.273. The number of hydrogen-bond acceptors (Lipinski definition) is 3. The van der Waals surface area contributed by atoms with Crippen LogP contribution in [-0.2, 0) is 0 Å². The molecule has 4 heteroatoms. The number of aryl methyl sites for hydroxylation is 1. The van der Waals surface area contributed by atoms with Gasteiger partial charge in [-0.25, -0.2) is 4.98 Å². The van der Waals surface area contributed by atoms with Gasteiger partial charge in [0.2, 0.25) is 0 Å². The molecule has 1 aromatic rings. The van der Waals surface area contributed by atoms with Crippen LogP contribution in [0.4, 0.5) is 5.82 Å². The highest BCUT2D eigenvalue weighted by Crippen LogP contribution is 2.17. The third-order valence-corrected chi connectivity index (χ3v) is 3.75. The van der Waals surface area contributed by atoms with E-state index in [4.69, 9.17) is 0 Å². The molecule has 0 aliphatic carbocycles. The van der Waals surface area contributed by atoms with Gasteiger partial charge in [-0.05, 0) is 68.3 Å². The van der Waals surface area contributed by atoms with E-state index < -0.39 is 0 Å². The van der Waals surface area contributed by atoms with Gasteiger partial charge in [0.25, 0.3) is 0 Å². The average Bonchev–Trinajstić information content (AvgIpc) is 2.28. The zero-order valence-electron chi connectivity index (χ0n) is 11.1. The Morgan fingerprint density at radius 3 is 2.76 bits per heavy atom. The molecule has 0 fully saturated rings. The van der Waals surface area contributed by atoms with Crippen molar-refractivity contribution in [3.63, 3.8) is 0 Å². The van der Waals surface area contributed by atoms with Crippen LogP contribution in [0, 0.1) is 6.92 Å². The van der Waals surface area contributed by atoms with Crippen molar-refractivity contribution in [3.8, 4) is 0 Å². The van der Waals surface area contributed by atoms with E-state index in [0.29, 0.717) is 6.04 Å². The van der Waals surface area contributed by atoms with Crippen molar-refractivity contribution < 1.29 is 0 Å². The van der Waals surface area contributed by atoms with Crippen LogP contribution in [0.15, 0.2) is 16.7 Å². The molecule has 96 valence electrons. The number of nitrogens with zero attached hydrogens (tertiary/aromatic N) is 2. The smallest absolute Gasteiger partial charge is 0.126 e. The van der Waals surface area contributed by atoms with Crippen LogP contribution in [0.2, 0.25) is 0 Å². The third-order valence-electron chi connectivity index (χ3n) is 2.92. The minimum absolute atomic E-state index is 0.614. The van der Waals surface area contributed by atoms with Gasteiger partial charge in [0.15, 0.2) is 0 Å². The molecule has 1 rings (SSSR count). The second kappa shape index (κ2) is 6.97. The predicted octanol–water partition coefficient (Wildman–Crippen LogP) is 3.29. The number of hydrogen-bond donors (Lipinski definition) is 1. The first kappa shape index (κ1) is 14.5. The topological polar surface area (TPSA) is 28.2 Å². The first-order valence-electron chi connectivity index (χ1n) is 6.07. The molecular formula is C13H22BrN3. The first-order valence-corrected chi connectivity index (χ1v) is 6.86. The van der Waals surface area contributed by atoms with Crippen LogP contribution >= 0.6 is 15.9 Å². The summed E-state index contributed by atoms with van der Waals surface area (Å²) in [5.41, 5.74) is 1.21. The van der Waals surface area contributed by atoms with Crippen molar-refractivity contribution >= 4 is 21.7 Å². The summed E-state index contributed by atoms with van der Waals surface area (Å²) in [7, 11) is 2.16. The second-order valence-electron chi connectivity index (χ2n) is 4.67. The van der Waals surface area contributed by atoms with Gasteiger partial charge < -0.3 is 10.2 Å². The molecule has 0 saturated heterocycles. The number of anilines is 1. The van der Waals surface area contributed by atoms with Crippen molar-refractivity contribution in [1.29, 1.82) is 0 Å². The summed E-state index contributed by atoms with van der Waals surface area (Å²) in [6.07, 6.45) is 2.98. The SMILES string of the molecule is Cc1cc(NCCCN(C)C(C)C)ncc1Br. The Morgan fingerprint density at radius 1 is 1.47 bits per heavy atom. The van der Waals surface area contributed by atoms with Gasteiger partial charge in [0, 0.05) is 23.3 Å². The van der Waals surface area contributed by atoms with E-state index in [9.17, 15) is 0 Å². The zero-order valence-corrected chi connectivity index (χ0v) is 12.7. The summed E-state index contributed by atoms with van der Waals surface area (Å²) in [6.45, 7) is 8.58. The number of pyridine rings is 1. The fourth-order valence-corrected chi connectivity index (χ4v) is 1.66. The van der Waals surface area contributed by atoms with Crippen molar-refractivity contribution in [3.05, 3.63) is 22.3 Å². The molecule has 0 spiro atoms. The monoisotopic (exact) mass is 299 g/mol. The first-order chi connectivity index (χ1) is 8.00. The summed E-state index contributed by atoms with van der Waals surface area (Å²) in [4.78, 5) is 6.67. The van der Waals surface area contributed by atoms with Gasteiger partial charge in [-0.1, -0.05) is 0 Å². The van der Waals surface area contributed by atoms with E-state index in [2.05, 4.69) is 65.0 Å². The molecule has 17 heavy (non-hydrogen) atoms. The van der Waals surface area contributed by atoms with E-state index in [1.54, 1.807) is 0 Å². The number of aromatic nitrogens is 1. The summed E-state index contributed by atoms with van der Waals surface area (Å²) < 4.78 is 1.06. The molecule has 0 aromatic carbocycles. The Labute approximate surface area is 113 Å². The highest BCUT2D eigenvalue weighted by Gasteiger charge is 2.02. The molecule has 0 amide bonds. The standard InChI is InChI=1S/C13H22BrN3/c1-10(2)17(4)7-5-6-15-13-8-11(3)12(14)9-16-13/h8-10H,5-7H2,1-4H3,(H,15,16). The molecule has 0 atom stereocenters. The molecule has 0 aliphatic heterocycles. The maximum Gasteiger partial charge on any atom is 0.126 e. The highest BCUT2D eigenvalue weighted by molar-refractivity contribution is 9.10. The Kier molecular flexibility index (Phi) is 5.92. The Morgan fingerprint density at radius 2 is 2.18 bits per heavy atom. The molecule has 0 radical (unpaired) electrons. The minimum Gasteiger partial charge on any atom is -0.370 e. The molecule has 0 bridgehead atoms. The van der Waals surface area contributed by atoms with E-state index in [1.807, 2.05) is 6.20 Å². The van der Waals surface area contributed by atoms with Gasteiger partial charge in [0.1, 0.15) is 5.82 Å². The lowest BCUT2D eigenvalue weighted by Crippen LogP contribution is -2.28. The molecule has 0 aliphatic rings. The van der Waals surface area contributed by atoms with E-state index in [1.165, 1.54) is 5.56 Å². The maximum absolute atomic E-state index is 4.32. The highest BCUT2D eigenvalue weighted by atomic mass is 79.9. The summed E-state index contributed by atoms with van der Waals surface area (Å²) >= 11 is 3.45. The molecule has 0 saturated carbocycles. The van der Waals surface area contributed by atoms with Crippen LogP contribution < -0.4 is 5.32 Å². The molecule has 1 N–H and O–H groups in total. The number of halogens is 1. The molecule has 0 unspecified atom stereocenters. The molecule has 3 nitrogen and oxygen atoms in total. The van der Waals surface area contributed by atoms with E-state index >= 15 is 0 Å². The largest absolute Gasteiger partial charge is 0.370 e. The van der Waals surface area contributed by atoms with E-state index in [0.717, 1.165) is 29.8 Å². The Hall–Kier alpha value is -0.610. The summed E-state index contributed by atoms with van der Waals surface area (Å²) in [5, 5.41) is 3.35. The third kappa shape index (κ3) is 5.04. The van der Waals surface area contributed by atoms with Crippen molar-refractivity contribution in [2.75, 3.05) is 25.5 Å². The molecule has 1 heterocycles. The fraction of sp³-hybridized carbons (Fsp3) is 0.615. The van der Waals surface area contributed by atoms with Crippen molar-refractivity contribution in [2.24, 2.45) is 0 Å². The van der Waals surface area contributed by atoms with Gasteiger partial charge in [-0.2, -0.15) is 0 Å². The van der Waals surface area contributed by atoms with Crippen LogP contribution in [-0.4, -0.2) is 36.1 Å². The van der Waals surface area contributed by atoms with Crippen LogP contribution in [0.1, 0.15) is 25.8 Å². The number of rotatable bonds is 6. The van der Waals surface area contributed by atoms with Gasteiger partial charge in [0.05, 0.1) is 0 Å². The van der Waals surface area contributed by atoms with Crippen LogP contribution in [0.25, 0.3) is 0 Å². The van der Waals surface area contributed by atoms with Gasteiger partial charge in [-0.15, -0.1) is 0 Å².